The lowest BCUT2D eigenvalue weighted by atomic mass is 9.78. The van der Waals surface area contributed by atoms with Crippen molar-refractivity contribution in [3.63, 3.8) is 0 Å². The van der Waals surface area contributed by atoms with Crippen LogP contribution in [0.2, 0.25) is 0 Å². The molecule has 0 amide bonds. The van der Waals surface area contributed by atoms with Crippen molar-refractivity contribution in [2.75, 3.05) is 25.7 Å². The van der Waals surface area contributed by atoms with Crippen LogP contribution in [0.5, 0.6) is 11.5 Å². The lowest BCUT2D eigenvalue weighted by Crippen LogP contribution is -2.22. The largest absolute Gasteiger partial charge is 0.494 e. The van der Waals surface area contributed by atoms with Crippen molar-refractivity contribution in [1.29, 1.82) is 0 Å². The standard InChI is InChI=1S/C21H26ClIO4/c1-21(2,16-4-8-19(9-5-16)25-13-3-12-22)17-6-10-20(11-7-17)26-14-18(24)15-27-23/h4-11,18,24H,3,12-15H2,1-2H3/t18-/m0/s1. The monoisotopic (exact) mass is 504 g/mol. The maximum atomic E-state index is 9.66. The van der Waals surface area contributed by atoms with Gasteiger partial charge in [-0.3, -0.25) is 0 Å². The van der Waals surface area contributed by atoms with Gasteiger partial charge in [0.2, 0.25) is 0 Å². The molecule has 0 aliphatic rings. The average molecular weight is 505 g/mol. The Labute approximate surface area is 180 Å². The summed E-state index contributed by atoms with van der Waals surface area (Å²) in [6.45, 7) is 5.46. The van der Waals surface area contributed by atoms with Gasteiger partial charge in [-0.25, -0.2) is 0 Å². The van der Waals surface area contributed by atoms with Crippen LogP contribution in [0.4, 0.5) is 0 Å². The Morgan fingerprint density at radius 1 is 0.926 bits per heavy atom. The number of benzene rings is 2. The van der Waals surface area contributed by atoms with Gasteiger partial charge in [-0.15, -0.1) is 11.6 Å². The predicted molar refractivity (Wildman–Crippen MR) is 117 cm³/mol. The summed E-state index contributed by atoms with van der Waals surface area (Å²) in [7, 11) is 0. The van der Waals surface area contributed by atoms with Gasteiger partial charge < -0.3 is 17.6 Å². The number of aliphatic hydroxyl groups is 1. The first-order valence-corrected chi connectivity index (χ1v) is 10.3. The molecule has 6 heteroatoms. The summed E-state index contributed by atoms with van der Waals surface area (Å²) in [6.07, 6.45) is 0.203. The van der Waals surface area contributed by atoms with Gasteiger partial charge in [0.15, 0.2) is 0 Å². The second-order valence-electron chi connectivity index (χ2n) is 6.81. The first-order chi connectivity index (χ1) is 13.0. The highest BCUT2D eigenvalue weighted by Gasteiger charge is 2.23. The Bertz CT molecular complexity index is 674. The molecular formula is C21H26ClIO4. The zero-order valence-corrected chi connectivity index (χ0v) is 18.6. The molecule has 0 saturated carbocycles. The molecule has 0 spiro atoms. The van der Waals surface area contributed by atoms with Gasteiger partial charge in [-0.2, -0.15) is 0 Å². The van der Waals surface area contributed by atoms with Crippen molar-refractivity contribution in [3.05, 3.63) is 59.7 Å². The van der Waals surface area contributed by atoms with Crippen molar-refractivity contribution in [2.45, 2.75) is 31.8 Å². The van der Waals surface area contributed by atoms with Gasteiger partial charge in [-0.1, -0.05) is 38.1 Å². The molecule has 2 aromatic carbocycles. The third-order valence-electron chi connectivity index (χ3n) is 4.40. The van der Waals surface area contributed by atoms with E-state index in [2.05, 4.69) is 38.1 Å². The number of hydrogen-bond acceptors (Lipinski definition) is 4. The maximum Gasteiger partial charge on any atom is 0.119 e. The third-order valence-corrected chi connectivity index (χ3v) is 5.02. The average Bonchev–Trinajstić information content (AvgIpc) is 2.67. The molecule has 0 bridgehead atoms. The van der Waals surface area contributed by atoms with Crippen LogP contribution in [0.25, 0.3) is 0 Å². The molecule has 0 fully saturated rings. The van der Waals surface area contributed by atoms with Crippen LogP contribution in [0.1, 0.15) is 31.4 Å². The van der Waals surface area contributed by atoms with Crippen molar-refractivity contribution in [2.24, 2.45) is 0 Å². The van der Waals surface area contributed by atoms with Crippen molar-refractivity contribution in [3.8, 4) is 11.5 Å². The van der Waals surface area contributed by atoms with Crippen LogP contribution in [-0.2, 0) is 8.48 Å². The van der Waals surface area contributed by atoms with E-state index >= 15 is 0 Å². The summed E-state index contributed by atoms with van der Waals surface area (Å²) in [6, 6.07) is 16.2. The van der Waals surface area contributed by atoms with Crippen LogP contribution in [0.15, 0.2) is 48.5 Å². The number of ether oxygens (including phenoxy) is 2. The van der Waals surface area contributed by atoms with Crippen LogP contribution in [-0.4, -0.2) is 36.9 Å². The lowest BCUT2D eigenvalue weighted by Gasteiger charge is -2.26. The van der Waals surface area contributed by atoms with E-state index in [1.54, 1.807) is 23.0 Å². The summed E-state index contributed by atoms with van der Waals surface area (Å²) in [5, 5.41) is 9.66. The molecule has 0 saturated heterocycles. The Hall–Kier alpha value is -1.02. The van der Waals surface area contributed by atoms with E-state index in [0.717, 1.165) is 17.9 Å². The maximum absolute atomic E-state index is 9.66. The molecule has 0 aliphatic carbocycles. The fourth-order valence-electron chi connectivity index (χ4n) is 2.66. The second kappa shape index (κ2) is 11.1. The number of aliphatic hydroxyl groups excluding tert-OH is 1. The van der Waals surface area contributed by atoms with Gasteiger partial charge >= 0.3 is 0 Å². The molecule has 2 aromatic rings. The molecule has 148 valence electrons. The summed E-state index contributed by atoms with van der Waals surface area (Å²) in [5.41, 5.74) is 2.24. The summed E-state index contributed by atoms with van der Waals surface area (Å²) in [5.74, 6) is 2.19. The highest BCUT2D eigenvalue weighted by atomic mass is 127. The SMILES string of the molecule is CC(C)(c1ccc(OCCCCl)cc1)c1ccc(OC[C@H](O)COI)cc1. The van der Waals surface area contributed by atoms with Crippen molar-refractivity contribution < 1.29 is 17.6 Å². The number of hydrogen-bond donors (Lipinski definition) is 1. The highest BCUT2D eigenvalue weighted by molar-refractivity contribution is 14.1. The van der Waals surface area contributed by atoms with Crippen LogP contribution in [0, 0.1) is 0 Å². The summed E-state index contributed by atoms with van der Waals surface area (Å²) >= 11 is 7.43. The van der Waals surface area contributed by atoms with E-state index in [9.17, 15) is 5.11 Å². The topological polar surface area (TPSA) is 47.9 Å². The van der Waals surface area contributed by atoms with Crippen LogP contribution >= 0.6 is 34.6 Å². The Kier molecular flexibility index (Phi) is 9.15. The predicted octanol–water partition coefficient (Wildman–Crippen LogP) is 5.13. The van der Waals surface area contributed by atoms with Gasteiger partial charge in [0.05, 0.1) is 13.2 Å². The summed E-state index contributed by atoms with van der Waals surface area (Å²) in [4.78, 5) is 0. The smallest absolute Gasteiger partial charge is 0.119 e. The molecule has 0 heterocycles. The Morgan fingerprint density at radius 3 is 1.93 bits per heavy atom. The minimum atomic E-state index is -0.636. The third kappa shape index (κ3) is 6.82. The molecule has 2 rings (SSSR count). The molecule has 0 radical (unpaired) electrons. The van der Waals surface area contributed by atoms with Gasteiger partial charge in [0, 0.05) is 11.3 Å². The van der Waals surface area contributed by atoms with Gasteiger partial charge in [0.1, 0.15) is 47.2 Å². The Balaban J connectivity index is 2.00. The minimum Gasteiger partial charge on any atom is -0.494 e. The zero-order chi connectivity index (χ0) is 19.7. The van der Waals surface area contributed by atoms with Crippen LogP contribution in [0.3, 0.4) is 0 Å². The van der Waals surface area contributed by atoms with Gasteiger partial charge in [0.25, 0.3) is 0 Å². The first kappa shape index (κ1) is 22.3. The molecule has 1 N–H and O–H groups in total. The van der Waals surface area contributed by atoms with E-state index in [-0.39, 0.29) is 18.6 Å². The Morgan fingerprint density at radius 2 is 1.44 bits per heavy atom. The molecule has 0 aliphatic heterocycles. The normalized spacial score (nSPS) is 12.6. The van der Waals surface area contributed by atoms with Gasteiger partial charge in [-0.05, 0) is 41.8 Å². The molecular weight excluding hydrogens is 479 g/mol. The molecule has 27 heavy (non-hydrogen) atoms. The van der Waals surface area contributed by atoms with E-state index in [0.29, 0.717) is 12.5 Å². The number of halogens is 2. The van der Waals surface area contributed by atoms with E-state index in [1.807, 2.05) is 24.3 Å². The number of rotatable bonds is 11. The summed E-state index contributed by atoms with van der Waals surface area (Å²) < 4.78 is 16.1. The fraction of sp³-hybridized carbons (Fsp3) is 0.429. The van der Waals surface area contributed by atoms with E-state index in [4.69, 9.17) is 24.1 Å². The lowest BCUT2D eigenvalue weighted by molar-refractivity contribution is 0.0768. The number of alkyl halides is 1. The molecule has 0 aromatic heterocycles. The quantitative estimate of drug-likeness (QED) is 0.262. The fourth-order valence-corrected chi connectivity index (χ4v) is 3.18. The van der Waals surface area contributed by atoms with E-state index in [1.165, 1.54) is 11.1 Å². The molecule has 4 nitrogen and oxygen atoms in total. The zero-order valence-electron chi connectivity index (χ0n) is 15.7. The van der Waals surface area contributed by atoms with Crippen molar-refractivity contribution in [1.82, 2.24) is 0 Å². The van der Waals surface area contributed by atoms with Crippen LogP contribution < -0.4 is 9.47 Å². The molecule has 0 unspecified atom stereocenters. The first-order valence-electron chi connectivity index (χ1n) is 8.91. The minimum absolute atomic E-state index is 0.151. The molecule has 1 atom stereocenters. The van der Waals surface area contributed by atoms with E-state index < -0.39 is 6.10 Å². The highest BCUT2D eigenvalue weighted by Crippen LogP contribution is 2.33. The second-order valence-corrected chi connectivity index (χ2v) is 7.81. The van der Waals surface area contributed by atoms with Crippen molar-refractivity contribution >= 4 is 34.6 Å².